The predicted octanol–water partition coefficient (Wildman–Crippen LogP) is 0.542. The van der Waals surface area contributed by atoms with Gasteiger partial charge in [0.1, 0.15) is 0 Å². The molecule has 0 aliphatic carbocycles. The van der Waals surface area contributed by atoms with Crippen molar-refractivity contribution in [3.8, 4) is 0 Å². The first kappa shape index (κ1) is 12.7. The average Bonchev–Trinajstić information content (AvgIpc) is 2.74. The van der Waals surface area contributed by atoms with E-state index in [2.05, 4.69) is 0 Å². The van der Waals surface area contributed by atoms with E-state index in [0.717, 1.165) is 5.69 Å². The van der Waals surface area contributed by atoms with Crippen LogP contribution in [0.2, 0.25) is 0 Å². The number of nitrogens with two attached hydrogens (primary N) is 1. The average molecular weight is 249 g/mol. The lowest BCUT2D eigenvalue weighted by Crippen LogP contribution is -2.29. The highest BCUT2D eigenvalue weighted by Crippen LogP contribution is 2.23. The second kappa shape index (κ2) is 4.86. The third-order valence-corrected chi connectivity index (χ3v) is 3.21. The lowest BCUT2D eigenvalue weighted by molar-refractivity contribution is 0.0765. The van der Waals surface area contributed by atoms with Crippen LogP contribution in [0.15, 0.2) is 18.2 Å². The summed E-state index contributed by atoms with van der Waals surface area (Å²) in [6.45, 7) is 1.02. The van der Waals surface area contributed by atoms with Crippen LogP contribution in [0.3, 0.4) is 0 Å². The number of nitrogen functional groups attached to an aromatic ring is 1. The first-order valence-electron chi connectivity index (χ1n) is 6.03. The van der Waals surface area contributed by atoms with Gasteiger partial charge in [0.05, 0.1) is 17.5 Å². The summed E-state index contributed by atoms with van der Waals surface area (Å²) in [4.78, 5) is 15.7. The second-order valence-corrected chi connectivity index (χ2v) is 4.86. The van der Waals surface area contributed by atoms with Crippen LogP contribution >= 0.6 is 0 Å². The highest BCUT2D eigenvalue weighted by molar-refractivity contribution is 5.96. The van der Waals surface area contributed by atoms with Gasteiger partial charge in [-0.15, -0.1) is 0 Å². The van der Waals surface area contributed by atoms with Gasteiger partial charge >= 0.3 is 0 Å². The highest BCUT2D eigenvalue weighted by atomic mass is 16.3. The number of likely N-dealkylation sites (tertiary alicyclic amines) is 1. The van der Waals surface area contributed by atoms with Crippen molar-refractivity contribution in [1.82, 2.24) is 4.90 Å². The molecule has 98 valence electrons. The monoisotopic (exact) mass is 249 g/mol. The lowest BCUT2D eigenvalue weighted by atomic mass is 10.1. The van der Waals surface area contributed by atoms with Crippen LogP contribution in [0.25, 0.3) is 0 Å². The number of hydrogen-bond acceptors (Lipinski definition) is 4. The number of β-amino-alcohol motifs (C(OH)–C–C–N with tert-alkyl or cyclic N) is 1. The minimum atomic E-state index is -0.396. The van der Waals surface area contributed by atoms with Gasteiger partial charge in [-0.25, -0.2) is 0 Å². The van der Waals surface area contributed by atoms with Gasteiger partial charge in [-0.1, -0.05) is 0 Å². The highest BCUT2D eigenvalue weighted by Gasteiger charge is 2.25. The van der Waals surface area contributed by atoms with E-state index in [1.54, 1.807) is 17.0 Å². The summed E-state index contributed by atoms with van der Waals surface area (Å²) in [5, 5.41) is 9.44. The van der Waals surface area contributed by atoms with Crippen LogP contribution in [0, 0.1) is 0 Å². The van der Waals surface area contributed by atoms with Crippen molar-refractivity contribution in [1.29, 1.82) is 0 Å². The van der Waals surface area contributed by atoms with Crippen molar-refractivity contribution < 1.29 is 9.90 Å². The number of anilines is 2. The zero-order valence-electron chi connectivity index (χ0n) is 10.8. The van der Waals surface area contributed by atoms with Crippen molar-refractivity contribution in [2.24, 2.45) is 0 Å². The molecule has 5 heteroatoms. The second-order valence-electron chi connectivity index (χ2n) is 4.86. The standard InChI is InChI=1S/C13H19N3O2/c1-15(2)12-4-3-9(7-11(12)14)13(18)16-6-5-10(17)8-16/h3-4,7,10,17H,5-6,8,14H2,1-2H3/t10-/m0/s1. The molecule has 5 nitrogen and oxygen atoms in total. The van der Waals surface area contributed by atoms with Crippen LogP contribution in [0.5, 0.6) is 0 Å². The summed E-state index contributed by atoms with van der Waals surface area (Å²) in [5.41, 5.74) is 7.99. The Balaban J connectivity index is 2.19. The quantitative estimate of drug-likeness (QED) is 0.751. The van der Waals surface area contributed by atoms with Gasteiger partial charge in [0, 0.05) is 32.7 Å². The van der Waals surface area contributed by atoms with Gasteiger partial charge < -0.3 is 20.6 Å². The molecule has 0 saturated carbocycles. The van der Waals surface area contributed by atoms with Crippen molar-refractivity contribution >= 4 is 17.3 Å². The van der Waals surface area contributed by atoms with Gasteiger partial charge in [0.2, 0.25) is 0 Å². The number of aliphatic hydroxyl groups excluding tert-OH is 1. The number of aliphatic hydroxyl groups is 1. The molecule has 1 atom stereocenters. The van der Waals surface area contributed by atoms with Crippen LogP contribution in [0.4, 0.5) is 11.4 Å². The summed E-state index contributed by atoms with van der Waals surface area (Å²) < 4.78 is 0. The summed E-state index contributed by atoms with van der Waals surface area (Å²) in [5.74, 6) is -0.0662. The van der Waals surface area contributed by atoms with Gasteiger partial charge in [-0.05, 0) is 24.6 Å². The zero-order chi connectivity index (χ0) is 13.3. The Labute approximate surface area is 107 Å². The largest absolute Gasteiger partial charge is 0.397 e. The number of carbonyl (C=O) groups excluding carboxylic acids is 1. The zero-order valence-corrected chi connectivity index (χ0v) is 10.8. The SMILES string of the molecule is CN(C)c1ccc(C(=O)N2CC[C@H](O)C2)cc1N. The maximum atomic E-state index is 12.2. The molecule has 18 heavy (non-hydrogen) atoms. The summed E-state index contributed by atoms with van der Waals surface area (Å²) >= 11 is 0. The van der Waals surface area contributed by atoms with E-state index in [4.69, 9.17) is 5.73 Å². The van der Waals surface area contributed by atoms with Crippen molar-refractivity contribution in [2.45, 2.75) is 12.5 Å². The lowest BCUT2D eigenvalue weighted by Gasteiger charge is -2.18. The fourth-order valence-electron chi connectivity index (χ4n) is 2.20. The molecule has 0 radical (unpaired) electrons. The molecule has 1 heterocycles. The van der Waals surface area contributed by atoms with E-state index < -0.39 is 6.10 Å². The van der Waals surface area contributed by atoms with Crippen molar-refractivity contribution in [3.05, 3.63) is 23.8 Å². The predicted molar refractivity (Wildman–Crippen MR) is 71.7 cm³/mol. The van der Waals surface area contributed by atoms with Gasteiger partial charge in [-0.2, -0.15) is 0 Å². The maximum Gasteiger partial charge on any atom is 0.254 e. The van der Waals surface area contributed by atoms with Gasteiger partial charge in [0.25, 0.3) is 5.91 Å². The molecule has 1 aliphatic rings. The molecule has 0 bridgehead atoms. The van der Waals surface area contributed by atoms with Crippen molar-refractivity contribution in [3.63, 3.8) is 0 Å². The Morgan fingerprint density at radius 2 is 2.22 bits per heavy atom. The third kappa shape index (κ3) is 2.41. The molecular formula is C13H19N3O2. The van der Waals surface area contributed by atoms with Crippen LogP contribution in [-0.2, 0) is 0 Å². The first-order chi connectivity index (χ1) is 8.49. The molecule has 3 N–H and O–H groups in total. The molecule has 1 aromatic rings. The Morgan fingerprint density at radius 1 is 1.50 bits per heavy atom. The molecule has 0 spiro atoms. The number of benzene rings is 1. The Bertz CT molecular complexity index is 460. The minimum Gasteiger partial charge on any atom is -0.397 e. The Hall–Kier alpha value is -1.75. The van der Waals surface area contributed by atoms with Crippen molar-refractivity contribution in [2.75, 3.05) is 37.8 Å². The number of nitrogens with zero attached hydrogens (tertiary/aromatic N) is 2. The van der Waals surface area contributed by atoms with E-state index in [1.807, 2.05) is 25.1 Å². The number of carbonyl (C=O) groups is 1. The van der Waals surface area contributed by atoms with E-state index in [0.29, 0.717) is 30.8 Å². The Kier molecular flexibility index (Phi) is 3.43. The normalized spacial score (nSPS) is 19.1. The molecule has 2 rings (SSSR count). The van der Waals surface area contributed by atoms with Gasteiger partial charge in [0.15, 0.2) is 0 Å². The third-order valence-electron chi connectivity index (χ3n) is 3.21. The molecule has 1 aromatic carbocycles. The molecule has 1 saturated heterocycles. The molecule has 0 aromatic heterocycles. The summed E-state index contributed by atoms with van der Waals surface area (Å²) in [6, 6.07) is 5.32. The molecule has 0 unspecified atom stereocenters. The van der Waals surface area contributed by atoms with Crippen LogP contribution in [0.1, 0.15) is 16.8 Å². The first-order valence-corrected chi connectivity index (χ1v) is 6.03. The maximum absolute atomic E-state index is 12.2. The fourth-order valence-corrected chi connectivity index (χ4v) is 2.20. The van der Waals surface area contributed by atoms with E-state index in [9.17, 15) is 9.90 Å². The molecule has 1 amide bonds. The molecule has 1 fully saturated rings. The Morgan fingerprint density at radius 3 is 2.72 bits per heavy atom. The smallest absolute Gasteiger partial charge is 0.254 e. The number of rotatable bonds is 2. The van der Waals surface area contributed by atoms with Crippen LogP contribution < -0.4 is 10.6 Å². The van der Waals surface area contributed by atoms with E-state index >= 15 is 0 Å². The van der Waals surface area contributed by atoms with Gasteiger partial charge in [-0.3, -0.25) is 4.79 Å². The fraction of sp³-hybridized carbons (Fsp3) is 0.462. The van der Waals surface area contributed by atoms with E-state index in [-0.39, 0.29) is 5.91 Å². The summed E-state index contributed by atoms with van der Waals surface area (Å²) in [7, 11) is 3.81. The number of hydrogen-bond donors (Lipinski definition) is 2. The van der Waals surface area contributed by atoms with Crippen LogP contribution in [-0.4, -0.2) is 49.2 Å². The van der Waals surface area contributed by atoms with E-state index in [1.165, 1.54) is 0 Å². The molecule has 1 aliphatic heterocycles. The topological polar surface area (TPSA) is 69.8 Å². The molecular weight excluding hydrogens is 230 g/mol. The minimum absolute atomic E-state index is 0.0662. The summed E-state index contributed by atoms with van der Waals surface area (Å²) in [6.07, 6.45) is 0.254. The number of amides is 1.